The predicted molar refractivity (Wildman–Crippen MR) is 182 cm³/mol. The number of esters is 1. The standard InChI is InChI=1S/C38H72O4/c1-3-5-7-9-11-13-15-16-17-18-19-20-21-22-23-25-27-29-31-33-38(40)42-37(35-39)36-41-34-32-30-28-26-24-14-12-10-8-6-4-2/h11,13,16-17,37,39H,3-10,12,14-15,18-36H2,1-2H3/b13-11-,17-16-. The van der Waals surface area contributed by atoms with Crippen molar-refractivity contribution in [2.24, 2.45) is 0 Å². The van der Waals surface area contributed by atoms with Crippen molar-refractivity contribution in [3.8, 4) is 0 Å². The summed E-state index contributed by atoms with van der Waals surface area (Å²) in [5.41, 5.74) is 0. The quantitative estimate of drug-likeness (QED) is 0.0459. The summed E-state index contributed by atoms with van der Waals surface area (Å²) in [7, 11) is 0. The van der Waals surface area contributed by atoms with E-state index in [0.717, 1.165) is 25.7 Å². The van der Waals surface area contributed by atoms with Crippen LogP contribution >= 0.6 is 0 Å². The van der Waals surface area contributed by atoms with Crippen LogP contribution < -0.4 is 0 Å². The zero-order chi connectivity index (χ0) is 30.6. The minimum absolute atomic E-state index is 0.170. The molecule has 0 rings (SSSR count). The molecule has 0 heterocycles. The third-order valence-corrected chi connectivity index (χ3v) is 8.03. The second kappa shape index (κ2) is 36.1. The maximum atomic E-state index is 12.1. The van der Waals surface area contributed by atoms with Crippen LogP contribution in [-0.2, 0) is 14.3 Å². The highest BCUT2D eigenvalue weighted by molar-refractivity contribution is 5.69. The lowest BCUT2D eigenvalue weighted by Gasteiger charge is -2.16. The number of aliphatic hydroxyl groups is 1. The van der Waals surface area contributed by atoms with E-state index < -0.39 is 6.10 Å². The molecule has 0 aliphatic rings. The van der Waals surface area contributed by atoms with E-state index in [1.54, 1.807) is 0 Å². The summed E-state index contributed by atoms with van der Waals surface area (Å²) in [4.78, 5) is 12.1. The molecule has 0 saturated heterocycles. The van der Waals surface area contributed by atoms with Gasteiger partial charge in [-0.2, -0.15) is 0 Å². The summed E-state index contributed by atoms with van der Waals surface area (Å²) >= 11 is 0. The fraction of sp³-hybridized carbons (Fsp3) is 0.868. The summed E-state index contributed by atoms with van der Waals surface area (Å²) in [5.74, 6) is -0.204. The number of ether oxygens (including phenoxy) is 2. The zero-order valence-corrected chi connectivity index (χ0v) is 28.3. The largest absolute Gasteiger partial charge is 0.457 e. The van der Waals surface area contributed by atoms with Crippen LogP contribution in [0, 0.1) is 0 Å². The first-order valence-corrected chi connectivity index (χ1v) is 18.4. The zero-order valence-electron chi connectivity index (χ0n) is 28.3. The van der Waals surface area contributed by atoms with E-state index in [0.29, 0.717) is 19.6 Å². The Kier molecular flexibility index (Phi) is 35.1. The van der Waals surface area contributed by atoms with Crippen molar-refractivity contribution >= 4 is 5.97 Å². The highest BCUT2D eigenvalue weighted by atomic mass is 16.6. The number of unbranched alkanes of at least 4 members (excludes halogenated alkanes) is 22. The Morgan fingerprint density at radius 2 is 1.00 bits per heavy atom. The third-order valence-electron chi connectivity index (χ3n) is 8.03. The molecule has 0 bridgehead atoms. The maximum absolute atomic E-state index is 12.1. The number of hydrogen-bond acceptors (Lipinski definition) is 4. The Morgan fingerprint density at radius 1 is 0.571 bits per heavy atom. The first-order chi connectivity index (χ1) is 20.7. The number of aliphatic hydroxyl groups excluding tert-OH is 1. The van der Waals surface area contributed by atoms with Crippen molar-refractivity contribution in [2.45, 2.75) is 193 Å². The van der Waals surface area contributed by atoms with Crippen LogP contribution in [0.2, 0.25) is 0 Å². The van der Waals surface area contributed by atoms with Crippen molar-refractivity contribution in [3.63, 3.8) is 0 Å². The van der Waals surface area contributed by atoms with Crippen LogP contribution in [0.1, 0.15) is 187 Å². The highest BCUT2D eigenvalue weighted by Crippen LogP contribution is 2.13. The van der Waals surface area contributed by atoms with Gasteiger partial charge in [-0.1, -0.05) is 160 Å². The number of carbonyl (C=O) groups excluding carboxylic acids is 1. The van der Waals surface area contributed by atoms with Gasteiger partial charge in [0.05, 0.1) is 13.2 Å². The maximum Gasteiger partial charge on any atom is 0.306 e. The first kappa shape index (κ1) is 40.9. The molecule has 1 N–H and O–H groups in total. The van der Waals surface area contributed by atoms with E-state index in [4.69, 9.17) is 9.47 Å². The number of carbonyl (C=O) groups is 1. The Labute approximate surface area is 262 Å². The van der Waals surface area contributed by atoms with E-state index in [1.807, 2.05) is 0 Å². The first-order valence-electron chi connectivity index (χ1n) is 18.4. The van der Waals surface area contributed by atoms with Gasteiger partial charge >= 0.3 is 5.97 Å². The van der Waals surface area contributed by atoms with E-state index in [-0.39, 0.29) is 12.6 Å². The molecule has 0 fully saturated rings. The lowest BCUT2D eigenvalue weighted by atomic mass is 10.1. The van der Waals surface area contributed by atoms with Gasteiger partial charge in [-0.25, -0.2) is 0 Å². The molecule has 4 nitrogen and oxygen atoms in total. The van der Waals surface area contributed by atoms with Crippen LogP contribution in [0.5, 0.6) is 0 Å². The second-order valence-corrected chi connectivity index (χ2v) is 12.3. The fourth-order valence-electron chi connectivity index (χ4n) is 5.24. The van der Waals surface area contributed by atoms with E-state index in [1.165, 1.54) is 141 Å². The van der Waals surface area contributed by atoms with E-state index >= 15 is 0 Å². The van der Waals surface area contributed by atoms with Gasteiger partial charge in [0.25, 0.3) is 0 Å². The Morgan fingerprint density at radius 3 is 1.52 bits per heavy atom. The lowest BCUT2D eigenvalue weighted by molar-refractivity contribution is -0.154. The normalized spacial score (nSPS) is 12.5. The molecule has 1 atom stereocenters. The van der Waals surface area contributed by atoms with Gasteiger partial charge in [0, 0.05) is 13.0 Å². The molecular weight excluding hydrogens is 520 g/mol. The summed E-state index contributed by atoms with van der Waals surface area (Å²) in [6, 6.07) is 0. The van der Waals surface area contributed by atoms with Gasteiger partial charge in [0.15, 0.2) is 0 Å². The van der Waals surface area contributed by atoms with Crippen LogP contribution in [0.4, 0.5) is 0 Å². The van der Waals surface area contributed by atoms with Gasteiger partial charge in [0.1, 0.15) is 6.10 Å². The highest BCUT2D eigenvalue weighted by Gasteiger charge is 2.13. The van der Waals surface area contributed by atoms with Crippen molar-refractivity contribution in [2.75, 3.05) is 19.8 Å². The molecule has 1 unspecified atom stereocenters. The van der Waals surface area contributed by atoms with Crippen molar-refractivity contribution in [1.82, 2.24) is 0 Å². The summed E-state index contributed by atoms with van der Waals surface area (Å²) < 4.78 is 11.1. The van der Waals surface area contributed by atoms with Crippen molar-refractivity contribution < 1.29 is 19.4 Å². The number of allylic oxidation sites excluding steroid dienone is 4. The molecule has 0 aromatic rings. The van der Waals surface area contributed by atoms with E-state index in [9.17, 15) is 9.90 Å². The van der Waals surface area contributed by atoms with Crippen molar-refractivity contribution in [1.29, 1.82) is 0 Å². The van der Waals surface area contributed by atoms with Crippen LogP contribution in [-0.4, -0.2) is 37.0 Å². The summed E-state index contributed by atoms with van der Waals surface area (Å²) in [5, 5.41) is 9.54. The number of hydrogen-bond donors (Lipinski definition) is 1. The Hall–Kier alpha value is -1.13. The molecule has 4 heteroatoms. The molecule has 0 aromatic heterocycles. The molecule has 0 aliphatic carbocycles. The third kappa shape index (κ3) is 33.4. The summed E-state index contributed by atoms with van der Waals surface area (Å²) in [6.07, 6.45) is 42.1. The molecule has 0 aromatic carbocycles. The van der Waals surface area contributed by atoms with Crippen LogP contribution in [0.3, 0.4) is 0 Å². The number of rotatable bonds is 34. The van der Waals surface area contributed by atoms with Gasteiger partial charge in [0.2, 0.25) is 0 Å². The lowest BCUT2D eigenvalue weighted by Crippen LogP contribution is -2.27. The van der Waals surface area contributed by atoms with Gasteiger partial charge < -0.3 is 14.6 Å². The van der Waals surface area contributed by atoms with Crippen LogP contribution in [0.15, 0.2) is 24.3 Å². The minimum Gasteiger partial charge on any atom is -0.457 e. The average molecular weight is 593 g/mol. The van der Waals surface area contributed by atoms with Crippen LogP contribution in [0.25, 0.3) is 0 Å². The summed E-state index contributed by atoms with van der Waals surface area (Å²) in [6.45, 7) is 5.33. The SMILES string of the molecule is CCCCC/C=C\C/C=C\CCCCCCCCCCCC(=O)OC(CO)COCCCCCCCCCCCCC. The predicted octanol–water partition coefficient (Wildman–Crippen LogP) is 11.6. The Bertz CT molecular complexity index is 586. The molecule has 0 saturated carbocycles. The molecule has 0 aliphatic heterocycles. The monoisotopic (exact) mass is 593 g/mol. The van der Waals surface area contributed by atoms with Crippen molar-refractivity contribution in [3.05, 3.63) is 24.3 Å². The molecule has 0 spiro atoms. The molecule has 42 heavy (non-hydrogen) atoms. The minimum atomic E-state index is -0.530. The Balaban J connectivity index is 3.43. The molecule has 0 amide bonds. The molecular formula is C38H72O4. The smallest absolute Gasteiger partial charge is 0.306 e. The van der Waals surface area contributed by atoms with Gasteiger partial charge in [-0.05, 0) is 44.9 Å². The second-order valence-electron chi connectivity index (χ2n) is 12.3. The molecule has 248 valence electrons. The molecule has 0 radical (unpaired) electrons. The van der Waals surface area contributed by atoms with Gasteiger partial charge in [-0.15, -0.1) is 0 Å². The fourth-order valence-corrected chi connectivity index (χ4v) is 5.24. The topological polar surface area (TPSA) is 55.8 Å². The van der Waals surface area contributed by atoms with Gasteiger partial charge in [-0.3, -0.25) is 4.79 Å². The average Bonchev–Trinajstić information content (AvgIpc) is 3.00. The van der Waals surface area contributed by atoms with E-state index in [2.05, 4.69) is 38.2 Å².